The van der Waals surface area contributed by atoms with Crippen LogP contribution >= 0.6 is 0 Å². The molecule has 3 N–H and O–H groups in total. The number of nitrogens with zero attached hydrogens (tertiary/aromatic N) is 1. The molecule has 0 bridgehead atoms. The molecule has 94 valence electrons. The van der Waals surface area contributed by atoms with Gasteiger partial charge in [-0.25, -0.2) is 4.79 Å². The van der Waals surface area contributed by atoms with Crippen LogP contribution in [0.4, 0.5) is 10.5 Å². The second-order valence-corrected chi connectivity index (χ2v) is 3.91. The minimum atomic E-state index is -0.250. The molecular formula is C12H19N3O2. The highest BCUT2D eigenvalue weighted by molar-refractivity contribution is 5.90. The fourth-order valence-corrected chi connectivity index (χ4v) is 1.49. The van der Waals surface area contributed by atoms with Gasteiger partial charge in [-0.05, 0) is 31.4 Å². The molecule has 0 saturated carbocycles. The van der Waals surface area contributed by atoms with E-state index in [0.717, 1.165) is 17.7 Å². The third-order valence-corrected chi connectivity index (χ3v) is 2.57. The predicted molar refractivity (Wildman–Crippen MR) is 66.9 cm³/mol. The number of hydrogen-bond acceptors (Lipinski definition) is 3. The fourth-order valence-electron chi connectivity index (χ4n) is 1.49. The lowest BCUT2D eigenvalue weighted by atomic mass is 10.1. The summed E-state index contributed by atoms with van der Waals surface area (Å²) < 4.78 is 0. The number of carbonyl (C=O) groups excluding carboxylic acids is 1. The van der Waals surface area contributed by atoms with E-state index in [1.807, 2.05) is 13.8 Å². The molecule has 1 rings (SSSR count). The second-order valence-electron chi connectivity index (χ2n) is 3.91. The van der Waals surface area contributed by atoms with Crippen LogP contribution in [0.3, 0.4) is 0 Å². The van der Waals surface area contributed by atoms with E-state index in [1.54, 1.807) is 18.5 Å². The Hall–Kier alpha value is -1.62. The summed E-state index contributed by atoms with van der Waals surface area (Å²) in [6, 6.07) is 1.50. The second kappa shape index (κ2) is 6.85. The van der Waals surface area contributed by atoms with Crippen molar-refractivity contribution < 1.29 is 9.90 Å². The van der Waals surface area contributed by atoms with Crippen LogP contribution in [-0.4, -0.2) is 28.8 Å². The molecule has 1 heterocycles. The zero-order valence-corrected chi connectivity index (χ0v) is 10.2. The van der Waals surface area contributed by atoms with Gasteiger partial charge >= 0.3 is 6.03 Å². The first-order valence-corrected chi connectivity index (χ1v) is 5.76. The van der Waals surface area contributed by atoms with Gasteiger partial charge in [-0.2, -0.15) is 0 Å². The van der Waals surface area contributed by atoms with Crippen molar-refractivity contribution in [3.63, 3.8) is 0 Å². The Morgan fingerprint density at radius 1 is 1.59 bits per heavy atom. The van der Waals surface area contributed by atoms with Crippen molar-refractivity contribution in [2.45, 2.75) is 32.7 Å². The quantitative estimate of drug-likeness (QED) is 0.729. The Labute approximate surface area is 101 Å². The van der Waals surface area contributed by atoms with E-state index < -0.39 is 0 Å². The molecule has 1 unspecified atom stereocenters. The van der Waals surface area contributed by atoms with Gasteiger partial charge in [-0.1, -0.05) is 6.92 Å². The van der Waals surface area contributed by atoms with Gasteiger partial charge in [0.2, 0.25) is 0 Å². The van der Waals surface area contributed by atoms with Gasteiger partial charge in [0.25, 0.3) is 0 Å². The number of aryl methyl sites for hydroxylation is 1. The highest BCUT2D eigenvalue weighted by atomic mass is 16.3. The van der Waals surface area contributed by atoms with Crippen LogP contribution in [0, 0.1) is 6.92 Å². The minimum absolute atomic E-state index is 0.00198. The average molecular weight is 237 g/mol. The minimum Gasteiger partial charge on any atom is -0.396 e. The summed E-state index contributed by atoms with van der Waals surface area (Å²) in [7, 11) is 0. The van der Waals surface area contributed by atoms with Crippen molar-refractivity contribution in [1.82, 2.24) is 10.3 Å². The van der Waals surface area contributed by atoms with E-state index in [2.05, 4.69) is 15.6 Å². The fraction of sp³-hybridized carbons (Fsp3) is 0.500. The lowest BCUT2D eigenvalue weighted by Crippen LogP contribution is -2.38. The third kappa shape index (κ3) is 4.40. The summed E-state index contributed by atoms with van der Waals surface area (Å²) in [5, 5.41) is 14.4. The van der Waals surface area contributed by atoms with Crippen LogP contribution < -0.4 is 10.6 Å². The van der Waals surface area contributed by atoms with Crippen LogP contribution in [0.2, 0.25) is 0 Å². The van der Waals surface area contributed by atoms with Crippen LogP contribution in [0.5, 0.6) is 0 Å². The van der Waals surface area contributed by atoms with Crippen molar-refractivity contribution in [3.05, 3.63) is 24.0 Å². The molecule has 0 saturated heterocycles. The number of hydrogen-bond donors (Lipinski definition) is 3. The molecule has 1 atom stereocenters. The highest BCUT2D eigenvalue weighted by Gasteiger charge is 2.10. The first-order valence-electron chi connectivity index (χ1n) is 5.76. The smallest absolute Gasteiger partial charge is 0.319 e. The molecule has 5 heteroatoms. The maximum atomic E-state index is 11.7. The number of anilines is 1. The molecule has 0 spiro atoms. The number of pyridine rings is 1. The Morgan fingerprint density at radius 2 is 2.35 bits per heavy atom. The first kappa shape index (κ1) is 13.4. The molecular weight excluding hydrogens is 218 g/mol. The molecule has 1 aromatic rings. The molecule has 0 radical (unpaired) electrons. The van der Waals surface area contributed by atoms with E-state index in [4.69, 9.17) is 5.11 Å². The van der Waals surface area contributed by atoms with Crippen LogP contribution in [0.1, 0.15) is 25.3 Å². The lowest BCUT2D eigenvalue weighted by Gasteiger charge is -2.16. The molecule has 0 aromatic carbocycles. The van der Waals surface area contributed by atoms with Gasteiger partial charge < -0.3 is 15.7 Å². The number of urea groups is 1. The third-order valence-electron chi connectivity index (χ3n) is 2.57. The predicted octanol–water partition coefficient (Wildman–Crippen LogP) is 1.67. The molecule has 0 aliphatic carbocycles. The largest absolute Gasteiger partial charge is 0.396 e. The van der Waals surface area contributed by atoms with Gasteiger partial charge in [-0.3, -0.25) is 4.98 Å². The summed E-state index contributed by atoms with van der Waals surface area (Å²) in [6.07, 6.45) is 4.69. The monoisotopic (exact) mass is 237 g/mol. The molecule has 1 aromatic heterocycles. The molecule has 0 fully saturated rings. The topological polar surface area (TPSA) is 74.2 Å². The van der Waals surface area contributed by atoms with Gasteiger partial charge in [0, 0.05) is 30.7 Å². The average Bonchev–Trinajstić information content (AvgIpc) is 2.31. The van der Waals surface area contributed by atoms with Gasteiger partial charge in [-0.15, -0.1) is 0 Å². The molecule has 2 amide bonds. The summed E-state index contributed by atoms with van der Waals surface area (Å²) >= 11 is 0. The number of rotatable bonds is 5. The van der Waals surface area contributed by atoms with E-state index >= 15 is 0 Å². The number of amides is 2. The number of carbonyl (C=O) groups is 1. The summed E-state index contributed by atoms with van der Waals surface area (Å²) in [5.74, 6) is 0. The zero-order valence-electron chi connectivity index (χ0n) is 10.2. The van der Waals surface area contributed by atoms with E-state index in [0.29, 0.717) is 6.42 Å². The van der Waals surface area contributed by atoms with E-state index in [1.165, 1.54) is 0 Å². The first-order chi connectivity index (χ1) is 8.17. The standard InChI is InChI=1S/C12H19N3O2/c1-3-10(5-7-16)14-12(17)15-11-4-6-13-8-9(11)2/h4,6,8,10,16H,3,5,7H2,1-2H3,(H2,13,14,15,17). The normalized spacial score (nSPS) is 11.9. The number of nitrogens with one attached hydrogen (secondary N) is 2. The molecule has 0 aliphatic heterocycles. The summed E-state index contributed by atoms with van der Waals surface area (Å²) in [4.78, 5) is 15.6. The molecule has 0 aliphatic rings. The Morgan fingerprint density at radius 3 is 2.94 bits per heavy atom. The van der Waals surface area contributed by atoms with Crippen LogP contribution in [-0.2, 0) is 0 Å². The Kier molecular flexibility index (Phi) is 5.42. The maximum absolute atomic E-state index is 11.7. The van der Waals surface area contributed by atoms with Gasteiger partial charge in [0.1, 0.15) is 0 Å². The zero-order chi connectivity index (χ0) is 12.7. The van der Waals surface area contributed by atoms with Crippen molar-refractivity contribution in [3.8, 4) is 0 Å². The van der Waals surface area contributed by atoms with Crippen molar-refractivity contribution in [2.75, 3.05) is 11.9 Å². The van der Waals surface area contributed by atoms with Gasteiger partial charge in [0.05, 0.1) is 0 Å². The van der Waals surface area contributed by atoms with Gasteiger partial charge in [0.15, 0.2) is 0 Å². The van der Waals surface area contributed by atoms with E-state index in [-0.39, 0.29) is 18.7 Å². The SMILES string of the molecule is CCC(CCO)NC(=O)Nc1ccncc1C. The van der Waals surface area contributed by atoms with Crippen molar-refractivity contribution >= 4 is 11.7 Å². The van der Waals surface area contributed by atoms with Crippen molar-refractivity contribution in [2.24, 2.45) is 0 Å². The van der Waals surface area contributed by atoms with Crippen LogP contribution in [0.25, 0.3) is 0 Å². The van der Waals surface area contributed by atoms with Crippen molar-refractivity contribution in [1.29, 1.82) is 0 Å². The Bertz CT molecular complexity index is 369. The maximum Gasteiger partial charge on any atom is 0.319 e. The number of aliphatic hydroxyl groups is 1. The number of aromatic nitrogens is 1. The molecule has 5 nitrogen and oxygen atoms in total. The summed E-state index contributed by atoms with van der Waals surface area (Å²) in [5.41, 5.74) is 1.66. The summed E-state index contributed by atoms with van der Waals surface area (Å²) in [6.45, 7) is 3.93. The lowest BCUT2D eigenvalue weighted by molar-refractivity contribution is 0.237. The number of aliphatic hydroxyl groups excluding tert-OH is 1. The highest BCUT2D eigenvalue weighted by Crippen LogP contribution is 2.11. The van der Waals surface area contributed by atoms with E-state index in [9.17, 15) is 4.79 Å². The van der Waals surface area contributed by atoms with Crippen LogP contribution in [0.15, 0.2) is 18.5 Å². The Balaban J connectivity index is 2.52. The molecule has 17 heavy (non-hydrogen) atoms.